The van der Waals surface area contributed by atoms with Gasteiger partial charge in [-0.15, -0.1) is 0 Å². The number of carbonyl (C=O) groups is 1. The molecule has 2 aromatic carbocycles. The van der Waals surface area contributed by atoms with Crippen LogP contribution in [-0.2, 0) is 35.4 Å². The molecule has 202 valence electrons. The average molecular weight is 527 g/mol. The fourth-order valence-corrected chi connectivity index (χ4v) is 5.90. The molecule has 7 heteroatoms. The molecule has 0 saturated carbocycles. The van der Waals surface area contributed by atoms with E-state index in [4.69, 9.17) is 18.3 Å². The standard InChI is InChI=1S/C32H34N2O5/c1-32(2)38-29-27(17-25-13-15-36-21-25)33(19-23-9-5-3-6-10-23)31(35)34(20-24-11-7-4-8-12-24)28(30(29)39-32)18-26-14-16-37-22-26/h3-16,21-22,27-30H,17-20H2,1-2H3/t27-,28-,29+,30+/m1/s1. The van der Waals surface area contributed by atoms with Crippen molar-refractivity contribution < 1.29 is 23.1 Å². The summed E-state index contributed by atoms with van der Waals surface area (Å²) in [6, 6.07) is 23.6. The molecule has 6 rings (SSSR count). The SMILES string of the molecule is CC1(C)O[C@@H]2[C@@H](O1)[C@@H](Cc1ccoc1)N(Cc1ccccc1)C(=O)N(Cc1ccccc1)[C@@H]2Cc1ccoc1. The zero-order chi connectivity index (χ0) is 26.8. The minimum absolute atomic E-state index is 0.0379. The molecule has 2 amide bonds. The fraction of sp³-hybridized carbons (Fsp3) is 0.344. The molecule has 39 heavy (non-hydrogen) atoms. The van der Waals surface area contributed by atoms with Crippen LogP contribution in [0.3, 0.4) is 0 Å². The highest BCUT2D eigenvalue weighted by Gasteiger charge is 2.55. The van der Waals surface area contributed by atoms with E-state index in [0.717, 1.165) is 22.3 Å². The molecule has 0 radical (unpaired) electrons. The van der Waals surface area contributed by atoms with E-state index >= 15 is 0 Å². The van der Waals surface area contributed by atoms with Gasteiger partial charge in [0.15, 0.2) is 5.79 Å². The van der Waals surface area contributed by atoms with Gasteiger partial charge in [-0.05, 0) is 61.1 Å². The Morgan fingerprint density at radius 3 is 1.46 bits per heavy atom. The number of ether oxygens (including phenoxy) is 2. The Morgan fingerprint density at radius 1 is 0.641 bits per heavy atom. The Bertz CT molecular complexity index is 1240. The molecular weight excluding hydrogens is 492 g/mol. The van der Waals surface area contributed by atoms with Gasteiger partial charge in [-0.25, -0.2) is 4.79 Å². The number of hydrogen-bond donors (Lipinski definition) is 0. The molecular formula is C32H34N2O5. The summed E-state index contributed by atoms with van der Waals surface area (Å²) in [4.78, 5) is 18.7. The number of carbonyl (C=O) groups excluding carboxylic acids is 1. The van der Waals surface area contributed by atoms with Gasteiger partial charge < -0.3 is 28.1 Å². The Labute approximate surface area is 228 Å². The third kappa shape index (κ3) is 5.51. The molecule has 2 aromatic heterocycles. The Balaban J connectivity index is 1.47. The van der Waals surface area contributed by atoms with E-state index in [1.165, 1.54) is 0 Å². The number of hydrogen-bond acceptors (Lipinski definition) is 5. The molecule has 0 unspecified atom stereocenters. The molecule has 4 atom stereocenters. The molecule has 2 fully saturated rings. The Kier molecular flexibility index (Phi) is 7.02. The first-order valence-corrected chi connectivity index (χ1v) is 13.5. The highest BCUT2D eigenvalue weighted by molar-refractivity contribution is 5.76. The molecule has 2 saturated heterocycles. The third-order valence-electron chi connectivity index (χ3n) is 7.66. The van der Waals surface area contributed by atoms with E-state index in [1.54, 1.807) is 25.1 Å². The van der Waals surface area contributed by atoms with Gasteiger partial charge in [-0.3, -0.25) is 0 Å². The summed E-state index contributed by atoms with van der Waals surface area (Å²) in [6.07, 6.45) is 7.33. The van der Waals surface area contributed by atoms with E-state index in [2.05, 4.69) is 24.3 Å². The Morgan fingerprint density at radius 2 is 1.08 bits per heavy atom. The molecule has 0 aliphatic carbocycles. The normalized spacial score (nSPS) is 24.5. The van der Waals surface area contributed by atoms with Crippen LogP contribution in [0.25, 0.3) is 0 Å². The third-order valence-corrected chi connectivity index (χ3v) is 7.66. The van der Waals surface area contributed by atoms with Crippen LogP contribution >= 0.6 is 0 Å². The van der Waals surface area contributed by atoms with Gasteiger partial charge >= 0.3 is 6.03 Å². The van der Waals surface area contributed by atoms with E-state index in [0.29, 0.717) is 25.9 Å². The number of nitrogens with zero attached hydrogens (tertiary/aromatic N) is 2. The van der Waals surface area contributed by atoms with Crippen LogP contribution in [0.5, 0.6) is 0 Å². The van der Waals surface area contributed by atoms with Gasteiger partial charge in [-0.1, -0.05) is 60.7 Å². The molecule has 2 aliphatic heterocycles. The zero-order valence-corrected chi connectivity index (χ0v) is 22.3. The van der Waals surface area contributed by atoms with Crippen LogP contribution in [0.1, 0.15) is 36.1 Å². The van der Waals surface area contributed by atoms with E-state index < -0.39 is 5.79 Å². The highest BCUT2D eigenvalue weighted by atomic mass is 16.8. The van der Waals surface area contributed by atoms with Crippen LogP contribution in [0, 0.1) is 0 Å². The minimum atomic E-state index is -0.796. The van der Waals surface area contributed by atoms with Crippen LogP contribution in [0.2, 0.25) is 0 Å². The quantitative estimate of drug-likeness (QED) is 0.279. The van der Waals surface area contributed by atoms with Gasteiger partial charge in [0.25, 0.3) is 0 Å². The number of rotatable bonds is 8. The topological polar surface area (TPSA) is 68.3 Å². The maximum atomic E-state index is 14.7. The molecule has 4 heterocycles. The van der Waals surface area contributed by atoms with Crippen molar-refractivity contribution in [1.82, 2.24) is 9.80 Å². The second-order valence-electron chi connectivity index (χ2n) is 10.9. The summed E-state index contributed by atoms with van der Waals surface area (Å²) in [5.74, 6) is -0.796. The van der Waals surface area contributed by atoms with Crippen LogP contribution in [0.15, 0.2) is 107 Å². The summed E-state index contributed by atoms with van der Waals surface area (Å²) in [5.41, 5.74) is 4.15. The fourth-order valence-electron chi connectivity index (χ4n) is 5.90. The first kappa shape index (κ1) is 25.5. The van der Waals surface area contributed by atoms with Crippen molar-refractivity contribution >= 4 is 6.03 Å². The van der Waals surface area contributed by atoms with Crippen molar-refractivity contribution in [3.8, 4) is 0 Å². The van der Waals surface area contributed by atoms with Crippen molar-refractivity contribution in [2.75, 3.05) is 0 Å². The number of furan rings is 2. The monoisotopic (exact) mass is 526 g/mol. The molecule has 2 aliphatic rings. The van der Waals surface area contributed by atoms with E-state index in [-0.39, 0.29) is 30.3 Å². The summed E-state index contributed by atoms with van der Waals surface area (Å²) in [6.45, 7) is 4.82. The first-order chi connectivity index (χ1) is 19.0. The second kappa shape index (κ2) is 10.8. The van der Waals surface area contributed by atoms with Gasteiger partial charge in [0.05, 0.1) is 37.1 Å². The zero-order valence-electron chi connectivity index (χ0n) is 22.3. The van der Waals surface area contributed by atoms with E-state index in [1.807, 2.05) is 72.2 Å². The van der Waals surface area contributed by atoms with Gasteiger partial charge in [0.2, 0.25) is 0 Å². The number of benzene rings is 2. The maximum absolute atomic E-state index is 14.7. The summed E-state index contributed by atoms with van der Waals surface area (Å²) in [7, 11) is 0. The summed E-state index contributed by atoms with van der Waals surface area (Å²) in [5, 5.41) is 0. The molecule has 0 bridgehead atoms. The lowest BCUT2D eigenvalue weighted by molar-refractivity contribution is -0.157. The lowest BCUT2D eigenvalue weighted by Gasteiger charge is -2.37. The summed E-state index contributed by atoms with van der Waals surface area (Å²) < 4.78 is 24.2. The van der Waals surface area contributed by atoms with Crippen LogP contribution in [0.4, 0.5) is 4.79 Å². The van der Waals surface area contributed by atoms with Gasteiger partial charge in [0, 0.05) is 13.1 Å². The highest BCUT2D eigenvalue weighted by Crippen LogP contribution is 2.40. The second-order valence-corrected chi connectivity index (χ2v) is 10.9. The predicted octanol–water partition coefficient (Wildman–Crippen LogP) is 6.05. The number of urea groups is 1. The van der Waals surface area contributed by atoms with Crippen molar-refractivity contribution in [1.29, 1.82) is 0 Å². The first-order valence-electron chi connectivity index (χ1n) is 13.5. The lowest BCUT2D eigenvalue weighted by Crippen LogP contribution is -2.51. The van der Waals surface area contributed by atoms with Crippen molar-refractivity contribution in [2.24, 2.45) is 0 Å². The maximum Gasteiger partial charge on any atom is 0.321 e. The summed E-state index contributed by atoms with van der Waals surface area (Å²) >= 11 is 0. The van der Waals surface area contributed by atoms with Crippen molar-refractivity contribution in [2.45, 2.75) is 69.9 Å². The van der Waals surface area contributed by atoms with Crippen molar-refractivity contribution in [3.05, 3.63) is 120 Å². The lowest BCUT2D eigenvalue weighted by atomic mass is 9.92. The molecule has 7 nitrogen and oxygen atoms in total. The minimum Gasteiger partial charge on any atom is -0.472 e. The average Bonchev–Trinajstić information content (AvgIpc) is 3.70. The predicted molar refractivity (Wildman–Crippen MR) is 146 cm³/mol. The van der Waals surface area contributed by atoms with E-state index in [9.17, 15) is 4.79 Å². The van der Waals surface area contributed by atoms with Crippen molar-refractivity contribution in [3.63, 3.8) is 0 Å². The van der Waals surface area contributed by atoms with Crippen LogP contribution in [-0.4, -0.2) is 45.9 Å². The molecule has 0 spiro atoms. The Hall–Kier alpha value is -3.81. The number of fused-ring (bicyclic) bond motifs is 1. The number of amides is 2. The van der Waals surface area contributed by atoms with Gasteiger partial charge in [-0.2, -0.15) is 0 Å². The smallest absolute Gasteiger partial charge is 0.321 e. The molecule has 0 N–H and O–H groups in total. The van der Waals surface area contributed by atoms with Gasteiger partial charge in [0.1, 0.15) is 12.2 Å². The van der Waals surface area contributed by atoms with Crippen LogP contribution < -0.4 is 0 Å². The molecule has 4 aromatic rings. The largest absolute Gasteiger partial charge is 0.472 e.